The second-order valence-electron chi connectivity index (χ2n) is 5.97. The van der Waals surface area contributed by atoms with E-state index in [0.717, 1.165) is 31.7 Å². The predicted octanol–water partition coefficient (Wildman–Crippen LogP) is 1.66. The maximum absolute atomic E-state index is 11.9. The van der Waals surface area contributed by atoms with Crippen molar-refractivity contribution in [3.8, 4) is 0 Å². The number of piperazine rings is 1. The highest BCUT2D eigenvalue weighted by molar-refractivity contribution is 5.91. The van der Waals surface area contributed by atoms with Gasteiger partial charge in [0, 0.05) is 44.5 Å². The summed E-state index contributed by atoms with van der Waals surface area (Å²) in [5.74, 6) is 0.00491. The van der Waals surface area contributed by atoms with Crippen molar-refractivity contribution in [2.75, 3.05) is 38.1 Å². The van der Waals surface area contributed by atoms with Crippen LogP contribution in [0.5, 0.6) is 0 Å². The Labute approximate surface area is 136 Å². The molecule has 1 N–H and O–H groups in total. The average Bonchev–Trinajstić information content (AvgIpc) is 3.00. The van der Waals surface area contributed by atoms with Crippen LogP contribution in [0.1, 0.15) is 21.8 Å². The van der Waals surface area contributed by atoms with Crippen LogP contribution in [-0.4, -0.2) is 49.2 Å². The van der Waals surface area contributed by atoms with E-state index in [0.29, 0.717) is 12.2 Å². The lowest BCUT2D eigenvalue weighted by atomic mass is 10.1. The highest BCUT2D eigenvalue weighted by atomic mass is 16.5. The summed E-state index contributed by atoms with van der Waals surface area (Å²) in [7, 11) is 2.15. The van der Waals surface area contributed by atoms with Crippen LogP contribution in [0.15, 0.2) is 34.9 Å². The Morgan fingerprint density at radius 3 is 2.52 bits per heavy atom. The lowest BCUT2D eigenvalue weighted by Gasteiger charge is -2.34. The van der Waals surface area contributed by atoms with Gasteiger partial charge in [-0.15, -0.1) is 0 Å². The molecule has 1 amide bonds. The fourth-order valence-electron chi connectivity index (χ4n) is 2.63. The van der Waals surface area contributed by atoms with Crippen LogP contribution in [0.25, 0.3) is 0 Å². The highest BCUT2D eigenvalue weighted by Gasteiger charge is 2.14. The molecule has 0 saturated carbocycles. The third-order valence-corrected chi connectivity index (χ3v) is 4.11. The minimum Gasteiger partial charge on any atom is -0.369 e. The van der Waals surface area contributed by atoms with Gasteiger partial charge < -0.3 is 19.6 Å². The molecule has 23 heavy (non-hydrogen) atoms. The Morgan fingerprint density at radius 1 is 1.22 bits per heavy atom. The zero-order valence-corrected chi connectivity index (χ0v) is 13.6. The summed E-state index contributed by atoms with van der Waals surface area (Å²) in [5, 5.41) is 6.56. The molecule has 0 spiro atoms. The van der Waals surface area contributed by atoms with Crippen molar-refractivity contribution < 1.29 is 9.32 Å². The van der Waals surface area contributed by atoms with Gasteiger partial charge in [-0.25, -0.2) is 0 Å². The number of hydrogen-bond acceptors (Lipinski definition) is 5. The minimum atomic E-state index is -0.242. The molecule has 0 atom stereocenters. The number of aromatic nitrogens is 1. The number of rotatable bonds is 4. The molecule has 6 heteroatoms. The molecule has 0 bridgehead atoms. The van der Waals surface area contributed by atoms with Crippen LogP contribution in [-0.2, 0) is 6.54 Å². The molecule has 6 nitrogen and oxygen atoms in total. The van der Waals surface area contributed by atoms with Crippen molar-refractivity contribution in [2.45, 2.75) is 13.5 Å². The maximum Gasteiger partial charge on any atom is 0.290 e. The van der Waals surface area contributed by atoms with Crippen molar-refractivity contribution >= 4 is 11.6 Å². The van der Waals surface area contributed by atoms with E-state index >= 15 is 0 Å². The van der Waals surface area contributed by atoms with Gasteiger partial charge in [-0.3, -0.25) is 4.79 Å². The first-order valence-electron chi connectivity index (χ1n) is 7.86. The first-order valence-corrected chi connectivity index (χ1v) is 7.86. The van der Waals surface area contributed by atoms with Gasteiger partial charge in [-0.1, -0.05) is 17.3 Å². The zero-order chi connectivity index (χ0) is 16.2. The monoisotopic (exact) mass is 314 g/mol. The minimum absolute atomic E-state index is 0.242. The summed E-state index contributed by atoms with van der Waals surface area (Å²) in [5.41, 5.74) is 3.00. The molecule has 1 aromatic carbocycles. The van der Waals surface area contributed by atoms with E-state index in [1.807, 2.05) is 0 Å². The quantitative estimate of drug-likeness (QED) is 0.930. The molecule has 1 saturated heterocycles. The summed E-state index contributed by atoms with van der Waals surface area (Å²) in [6.07, 6.45) is 0. The van der Waals surface area contributed by atoms with Gasteiger partial charge in [-0.05, 0) is 31.7 Å². The fourth-order valence-corrected chi connectivity index (χ4v) is 2.63. The van der Waals surface area contributed by atoms with Gasteiger partial charge in [0.05, 0.1) is 5.69 Å². The number of carbonyl (C=O) groups excluding carboxylic acids is 1. The molecule has 1 aliphatic heterocycles. The number of benzene rings is 1. The van der Waals surface area contributed by atoms with E-state index in [9.17, 15) is 4.79 Å². The van der Waals surface area contributed by atoms with Gasteiger partial charge in [0.1, 0.15) is 0 Å². The third kappa shape index (κ3) is 3.90. The molecule has 2 heterocycles. The second-order valence-corrected chi connectivity index (χ2v) is 5.97. The average molecular weight is 314 g/mol. The lowest BCUT2D eigenvalue weighted by Crippen LogP contribution is -2.44. The summed E-state index contributed by atoms with van der Waals surface area (Å²) < 4.78 is 4.95. The largest absolute Gasteiger partial charge is 0.369 e. The third-order valence-electron chi connectivity index (χ3n) is 4.11. The molecular formula is C17H22N4O2. The molecular weight excluding hydrogens is 292 g/mol. The van der Waals surface area contributed by atoms with Crippen LogP contribution < -0.4 is 10.2 Å². The summed E-state index contributed by atoms with van der Waals surface area (Å²) >= 11 is 0. The number of anilines is 1. The van der Waals surface area contributed by atoms with Gasteiger partial charge in [0.15, 0.2) is 0 Å². The number of likely N-dealkylation sites (N-methyl/N-ethyl adjacent to an activating group) is 1. The van der Waals surface area contributed by atoms with Crippen molar-refractivity contribution in [3.63, 3.8) is 0 Å². The van der Waals surface area contributed by atoms with E-state index in [2.05, 4.69) is 51.6 Å². The van der Waals surface area contributed by atoms with Gasteiger partial charge in [-0.2, -0.15) is 0 Å². The first kappa shape index (κ1) is 15.6. The molecule has 0 aliphatic carbocycles. The van der Waals surface area contributed by atoms with E-state index in [1.54, 1.807) is 13.0 Å². The Hall–Kier alpha value is -2.34. The van der Waals surface area contributed by atoms with Crippen molar-refractivity contribution in [3.05, 3.63) is 47.3 Å². The van der Waals surface area contributed by atoms with Gasteiger partial charge in [0.25, 0.3) is 5.91 Å². The number of nitrogens with zero attached hydrogens (tertiary/aromatic N) is 3. The lowest BCUT2D eigenvalue weighted by molar-refractivity contribution is 0.0914. The van der Waals surface area contributed by atoms with Crippen LogP contribution >= 0.6 is 0 Å². The van der Waals surface area contributed by atoms with Crippen molar-refractivity contribution in [1.82, 2.24) is 15.4 Å². The topological polar surface area (TPSA) is 61.6 Å². The van der Waals surface area contributed by atoms with Crippen molar-refractivity contribution in [2.24, 2.45) is 0 Å². The van der Waals surface area contributed by atoms with Crippen LogP contribution in [0.2, 0.25) is 0 Å². The number of aryl methyl sites for hydroxylation is 1. The number of amides is 1. The highest BCUT2D eigenvalue weighted by Crippen LogP contribution is 2.17. The molecule has 0 radical (unpaired) electrons. The van der Waals surface area contributed by atoms with Crippen molar-refractivity contribution in [1.29, 1.82) is 0 Å². The fraction of sp³-hybridized carbons (Fsp3) is 0.412. The van der Waals surface area contributed by atoms with Crippen LogP contribution in [0.3, 0.4) is 0 Å². The smallest absolute Gasteiger partial charge is 0.290 e. The summed E-state index contributed by atoms with van der Waals surface area (Å²) in [6.45, 7) is 6.55. The van der Waals surface area contributed by atoms with Gasteiger partial charge >= 0.3 is 0 Å². The molecule has 1 aliphatic rings. The zero-order valence-electron chi connectivity index (χ0n) is 13.6. The van der Waals surface area contributed by atoms with E-state index in [1.165, 1.54) is 5.69 Å². The second kappa shape index (κ2) is 6.83. The summed E-state index contributed by atoms with van der Waals surface area (Å²) in [6, 6.07) is 9.97. The molecule has 1 aromatic heterocycles. The summed E-state index contributed by atoms with van der Waals surface area (Å²) in [4.78, 5) is 16.6. The first-order chi connectivity index (χ1) is 11.1. The molecule has 3 rings (SSSR count). The normalized spacial score (nSPS) is 15.7. The van der Waals surface area contributed by atoms with Crippen LogP contribution in [0.4, 0.5) is 5.69 Å². The maximum atomic E-state index is 11.9. The number of carbonyl (C=O) groups is 1. The van der Waals surface area contributed by atoms with E-state index in [4.69, 9.17) is 4.52 Å². The van der Waals surface area contributed by atoms with E-state index < -0.39 is 0 Å². The molecule has 122 valence electrons. The molecule has 1 fully saturated rings. The Kier molecular flexibility index (Phi) is 4.62. The number of nitrogens with one attached hydrogen (secondary N) is 1. The Balaban J connectivity index is 1.54. The van der Waals surface area contributed by atoms with E-state index in [-0.39, 0.29) is 11.7 Å². The van der Waals surface area contributed by atoms with Crippen LogP contribution in [0, 0.1) is 6.92 Å². The Morgan fingerprint density at radius 2 is 1.91 bits per heavy atom. The predicted molar refractivity (Wildman–Crippen MR) is 88.6 cm³/mol. The molecule has 2 aromatic rings. The standard InChI is InChI=1S/C17H22N4O2/c1-13-11-16(23-19-13)17(22)18-12-14-3-5-15(6-4-14)21-9-7-20(2)8-10-21/h3-6,11H,7-10,12H2,1-2H3,(H,18,22). The van der Waals surface area contributed by atoms with Gasteiger partial charge in [0.2, 0.25) is 5.76 Å². The molecule has 0 unspecified atom stereocenters. The number of hydrogen-bond donors (Lipinski definition) is 1. The SMILES string of the molecule is Cc1cc(C(=O)NCc2ccc(N3CCN(C)CC3)cc2)on1. The Bertz CT molecular complexity index is 657.